The lowest BCUT2D eigenvalue weighted by Gasteiger charge is -2.41. The fraction of sp³-hybridized carbons (Fsp3) is 0.765. The van der Waals surface area contributed by atoms with Crippen LogP contribution in [0.2, 0.25) is 0 Å². The van der Waals surface area contributed by atoms with Crippen molar-refractivity contribution in [2.45, 2.75) is 76.7 Å². The smallest absolute Gasteiger partial charge is 0.253 e. The molecule has 2 heterocycles. The summed E-state index contributed by atoms with van der Waals surface area (Å²) in [6.45, 7) is 1.80. The summed E-state index contributed by atoms with van der Waals surface area (Å²) >= 11 is 0. The molecule has 6 nitrogen and oxygen atoms in total. The molecule has 6 heteroatoms. The number of rotatable bonds is 2. The Balaban J connectivity index is 1.95. The van der Waals surface area contributed by atoms with Gasteiger partial charge in [0.2, 0.25) is 17.7 Å². The highest BCUT2D eigenvalue weighted by atomic mass is 16.2. The summed E-state index contributed by atoms with van der Waals surface area (Å²) < 4.78 is 0. The second-order valence-electron chi connectivity index (χ2n) is 7.17. The van der Waals surface area contributed by atoms with Crippen molar-refractivity contribution < 1.29 is 19.2 Å². The number of hydrogen-bond acceptors (Lipinski definition) is 4. The Kier molecular flexibility index (Phi) is 4.02. The maximum absolute atomic E-state index is 13.2. The molecule has 0 radical (unpaired) electrons. The minimum absolute atomic E-state index is 0.170. The van der Waals surface area contributed by atoms with Gasteiger partial charge in [0.1, 0.15) is 5.54 Å². The summed E-state index contributed by atoms with van der Waals surface area (Å²) in [6.07, 6.45) is 6.53. The second-order valence-corrected chi connectivity index (χ2v) is 7.17. The summed E-state index contributed by atoms with van der Waals surface area (Å²) in [5, 5.41) is 2.32. The van der Waals surface area contributed by atoms with E-state index >= 15 is 0 Å². The first-order chi connectivity index (χ1) is 10.9. The molecule has 3 fully saturated rings. The number of carbonyl (C=O) groups is 4. The van der Waals surface area contributed by atoms with Gasteiger partial charge in [-0.2, -0.15) is 0 Å². The molecule has 3 rings (SSSR count). The molecule has 1 saturated carbocycles. The number of carbonyl (C=O) groups excluding carboxylic acids is 4. The van der Waals surface area contributed by atoms with Gasteiger partial charge < -0.3 is 0 Å². The van der Waals surface area contributed by atoms with E-state index in [2.05, 4.69) is 5.32 Å². The van der Waals surface area contributed by atoms with Gasteiger partial charge in [-0.05, 0) is 25.7 Å². The van der Waals surface area contributed by atoms with Crippen LogP contribution < -0.4 is 5.32 Å². The SMILES string of the molecule is CCC1(N2C(=O)CC3(CCCCCC3)C2=O)CCC(=O)NC1=O. The third kappa shape index (κ3) is 2.39. The van der Waals surface area contributed by atoms with Crippen LogP contribution in [0.1, 0.15) is 71.1 Å². The normalized spacial score (nSPS) is 31.4. The van der Waals surface area contributed by atoms with Crippen LogP contribution in [0.5, 0.6) is 0 Å². The van der Waals surface area contributed by atoms with E-state index in [9.17, 15) is 19.2 Å². The third-order valence-corrected chi connectivity index (χ3v) is 5.91. The zero-order valence-electron chi connectivity index (χ0n) is 13.7. The summed E-state index contributed by atoms with van der Waals surface area (Å²) in [5.41, 5.74) is -1.80. The number of imide groups is 2. The van der Waals surface area contributed by atoms with E-state index in [0.29, 0.717) is 6.42 Å². The van der Waals surface area contributed by atoms with Crippen molar-refractivity contribution in [2.24, 2.45) is 5.41 Å². The average molecular weight is 320 g/mol. The Morgan fingerprint density at radius 1 is 1.00 bits per heavy atom. The maximum atomic E-state index is 13.2. The van der Waals surface area contributed by atoms with E-state index in [-0.39, 0.29) is 37.0 Å². The van der Waals surface area contributed by atoms with E-state index in [1.165, 1.54) is 4.90 Å². The molecule has 126 valence electrons. The quantitative estimate of drug-likeness (QED) is 0.785. The molecule has 0 aromatic carbocycles. The fourth-order valence-electron chi connectivity index (χ4n) is 4.47. The van der Waals surface area contributed by atoms with Crippen molar-refractivity contribution in [3.05, 3.63) is 0 Å². The molecular weight excluding hydrogens is 296 g/mol. The van der Waals surface area contributed by atoms with Crippen LogP contribution in [0.25, 0.3) is 0 Å². The first-order valence-corrected chi connectivity index (χ1v) is 8.67. The zero-order chi connectivity index (χ0) is 16.7. The minimum atomic E-state index is -1.18. The highest BCUT2D eigenvalue weighted by Crippen LogP contribution is 2.48. The molecule has 0 aromatic rings. The van der Waals surface area contributed by atoms with E-state index in [1.807, 2.05) is 0 Å². The molecule has 0 bridgehead atoms. The van der Waals surface area contributed by atoms with Gasteiger partial charge in [0.15, 0.2) is 0 Å². The summed E-state index contributed by atoms with van der Waals surface area (Å²) in [4.78, 5) is 51.1. The van der Waals surface area contributed by atoms with Gasteiger partial charge in [0.25, 0.3) is 5.91 Å². The second kappa shape index (κ2) is 5.73. The number of nitrogens with one attached hydrogen (secondary N) is 1. The third-order valence-electron chi connectivity index (χ3n) is 5.91. The van der Waals surface area contributed by atoms with E-state index < -0.39 is 16.9 Å². The van der Waals surface area contributed by atoms with Crippen molar-refractivity contribution >= 4 is 23.6 Å². The topological polar surface area (TPSA) is 83.6 Å². The van der Waals surface area contributed by atoms with Crippen molar-refractivity contribution in [3.8, 4) is 0 Å². The van der Waals surface area contributed by atoms with Crippen molar-refractivity contribution in [2.75, 3.05) is 0 Å². The summed E-state index contributed by atoms with van der Waals surface area (Å²) in [5.74, 6) is -1.26. The van der Waals surface area contributed by atoms with Crippen LogP contribution in [-0.2, 0) is 19.2 Å². The van der Waals surface area contributed by atoms with Crippen LogP contribution in [0.3, 0.4) is 0 Å². The van der Waals surface area contributed by atoms with Gasteiger partial charge in [0.05, 0.1) is 5.41 Å². The van der Waals surface area contributed by atoms with Gasteiger partial charge in [-0.1, -0.05) is 32.6 Å². The predicted molar refractivity (Wildman–Crippen MR) is 82.0 cm³/mol. The standard InChI is InChI=1S/C17H24N2O4/c1-2-17(10-7-12(20)18-14(17)22)19-13(21)11-16(15(19)23)8-5-3-4-6-9-16/h2-11H2,1H3,(H,18,20,22). The molecule has 2 saturated heterocycles. The highest BCUT2D eigenvalue weighted by molar-refractivity contribution is 6.13. The number of hydrogen-bond donors (Lipinski definition) is 1. The molecule has 3 aliphatic rings. The Morgan fingerprint density at radius 2 is 1.65 bits per heavy atom. The van der Waals surface area contributed by atoms with Crippen LogP contribution in [0, 0.1) is 5.41 Å². The average Bonchev–Trinajstić information content (AvgIpc) is 2.69. The van der Waals surface area contributed by atoms with E-state index in [4.69, 9.17) is 0 Å². The van der Waals surface area contributed by atoms with E-state index in [0.717, 1.165) is 38.5 Å². The van der Waals surface area contributed by atoms with Crippen LogP contribution in [0.4, 0.5) is 0 Å². The Bertz CT molecular complexity index is 563. The Labute approximate surface area is 136 Å². The molecule has 1 N–H and O–H groups in total. The minimum Gasteiger partial charge on any atom is -0.294 e. The van der Waals surface area contributed by atoms with Gasteiger partial charge in [-0.15, -0.1) is 0 Å². The molecule has 4 amide bonds. The Hall–Kier alpha value is -1.72. The summed E-state index contributed by atoms with van der Waals surface area (Å²) in [6, 6.07) is 0. The molecule has 0 aromatic heterocycles. The molecule has 1 atom stereocenters. The highest BCUT2D eigenvalue weighted by Gasteiger charge is 2.60. The molecule has 1 aliphatic carbocycles. The van der Waals surface area contributed by atoms with Crippen molar-refractivity contribution in [1.29, 1.82) is 0 Å². The van der Waals surface area contributed by atoms with Crippen LogP contribution in [-0.4, -0.2) is 34.1 Å². The van der Waals surface area contributed by atoms with Gasteiger partial charge in [-0.3, -0.25) is 29.4 Å². The first-order valence-electron chi connectivity index (χ1n) is 8.67. The number of nitrogens with zero attached hydrogens (tertiary/aromatic N) is 1. The van der Waals surface area contributed by atoms with Gasteiger partial charge >= 0.3 is 0 Å². The number of likely N-dealkylation sites (tertiary alicyclic amines) is 1. The monoisotopic (exact) mass is 320 g/mol. The number of amides is 4. The molecular formula is C17H24N2O4. The predicted octanol–water partition coefficient (Wildman–Crippen LogP) is 1.67. The van der Waals surface area contributed by atoms with Crippen molar-refractivity contribution in [3.63, 3.8) is 0 Å². The summed E-state index contributed by atoms with van der Waals surface area (Å²) in [7, 11) is 0. The zero-order valence-corrected chi connectivity index (χ0v) is 13.7. The van der Waals surface area contributed by atoms with Crippen LogP contribution >= 0.6 is 0 Å². The Morgan fingerprint density at radius 3 is 2.22 bits per heavy atom. The molecule has 1 spiro atoms. The largest absolute Gasteiger partial charge is 0.294 e. The maximum Gasteiger partial charge on any atom is 0.253 e. The molecule has 2 aliphatic heterocycles. The fourth-order valence-corrected chi connectivity index (χ4v) is 4.47. The van der Waals surface area contributed by atoms with Crippen LogP contribution in [0.15, 0.2) is 0 Å². The van der Waals surface area contributed by atoms with Gasteiger partial charge in [0, 0.05) is 12.8 Å². The lowest BCUT2D eigenvalue weighted by Crippen LogP contribution is -2.64. The molecule has 23 heavy (non-hydrogen) atoms. The number of piperidine rings is 1. The lowest BCUT2D eigenvalue weighted by molar-refractivity contribution is -0.160. The molecule has 1 unspecified atom stereocenters. The van der Waals surface area contributed by atoms with Gasteiger partial charge in [-0.25, -0.2) is 0 Å². The van der Waals surface area contributed by atoms with E-state index in [1.54, 1.807) is 6.92 Å². The first kappa shape index (κ1) is 16.1. The van der Waals surface area contributed by atoms with Crippen molar-refractivity contribution in [1.82, 2.24) is 10.2 Å². The lowest BCUT2D eigenvalue weighted by atomic mass is 9.78.